The van der Waals surface area contributed by atoms with Gasteiger partial charge in [-0.05, 0) is 12.1 Å². The van der Waals surface area contributed by atoms with E-state index < -0.39 is 0 Å². The highest BCUT2D eigenvalue weighted by Crippen LogP contribution is 2.35. The molecule has 0 fully saturated rings. The first-order valence-corrected chi connectivity index (χ1v) is 6.36. The summed E-state index contributed by atoms with van der Waals surface area (Å²) < 4.78 is 2.14. The molecular weight excluding hydrogens is 242 g/mol. The maximum Gasteiger partial charge on any atom is 0.191 e. The molecule has 0 bridgehead atoms. The van der Waals surface area contributed by atoms with Gasteiger partial charge in [0.2, 0.25) is 0 Å². The van der Waals surface area contributed by atoms with E-state index in [4.69, 9.17) is 11.6 Å². The molecule has 1 atom stereocenters. The van der Waals surface area contributed by atoms with E-state index in [0.717, 1.165) is 28.1 Å². The molecule has 82 valence electrons. The van der Waals surface area contributed by atoms with E-state index in [1.807, 2.05) is 24.3 Å². The summed E-state index contributed by atoms with van der Waals surface area (Å²) in [7, 11) is 0. The Morgan fingerprint density at radius 1 is 1.38 bits per heavy atom. The molecule has 0 saturated heterocycles. The first-order chi connectivity index (χ1) is 7.75. The largest absolute Gasteiger partial charge is 0.301 e. The molecule has 2 heterocycles. The van der Waals surface area contributed by atoms with Crippen LogP contribution in [-0.2, 0) is 6.54 Å². The Morgan fingerprint density at radius 2 is 2.19 bits per heavy atom. The number of rotatable bonds is 1. The van der Waals surface area contributed by atoms with Crippen molar-refractivity contribution in [2.75, 3.05) is 0 Å². The van der Waals surface area contributed by atoms with Gasteiger partial charge in [-0.25, -0.2) is 0 Å². The van der Waals surface area contributed by atoms with Crippen molar-refractivity contribution >= 4 is 23.4 Å². The number of thioether (sulfide) groups is 1. The fourth-order valence-corrected chi connectivity index (χ4v) is 3.04. The lowest BCUT2D eigenvalue weighted by Gasteiger charge is -2.05. The number of hydrogen-bond acceptors (Lipinski definition) is 3. The van der Waals surface area contributed by atoms with E-state index in [0.29, 0.717) is 5.25 Å². The molecule has 1 aliphatic heterocycles. The Labute approximate surface area is 103 Å². The molecule has 1 aliphatic rings. The van der Waals surface area contributed by atoms with Crippen LogP contribution >= 0.6 is 23.4 Å². The highest BCUT2D eigenvalue weighted by atomic mass is 35.5. The van der Waals surface area contributed by atoms with Gasteiger partial charge in [0.15, 0.2) is 11.0 Å². The number of hydrogen-bond donors (Lipinski definition) is 0. The van der Waals surface area contributed by atoms with Gasteiger partial charge in [-0.15, -0.1) is 10.2 Å². The topological polar surface area (TPSA) is 30.7 Å². The van der Waals surface area contributed by atoms with Crippen LogP contribution in [0.25, 0.3) is 11.4 Å². The van der Waals surface area contributed by atoms with Crippen LogP contribution in [0.3, 0.4) is 0 Å². The van der Waals surface area contributed by atoms with E-state index >= 15 is 0 Å². The summed E-state index contributed by atoms with van der Waals surface area (Å²) in [5, 5.41) is 10.7. The molecule has 1 aromatic heterocycles. The van der Waals surface area contributed by atoms with Crippen LogP contribution < -0.4 is 0 Å². The van der Waals surface area contributed by atoms with Gasteiger partial charge in [0.25, 0.3) is 0 Å². The molecule has 1 aromatic carbocycles. The maximum absolute atomic E-state index is 6.17. The highest BCUT2D eigenvalue weighted by Gasteiger charge is 2.24. The summed E-state index contributed by atoms with van der Waals surface area (Å²) in [6.07, 6.45) is 0. The summed E-state index contributed by atoms with van der Waals surface area (Å²) in [5.74, 6) is 0.873. The van der Waals surface area contributed by atoms with E-state index in [-0.39, 0.29) is 0 Å². The molecule has 0 N–H and O–H groups in total. The quantitative estimate of drug-likeness (QED) is 0.780. The normalized spacial score (nSPS) is 18.8. The van der Waals surface area contributed by atoms with Gasteiger partial charge in [0.1, 0.15) is 0 Å². The van der Waals surface area contributed by atoms with E-state index in [1.54, 1.807) is 11.8 Å². The van der Waals surface area contributed by atoms with Crippen molar-refractivity contribution in [2.45, 2.75) is 23.9 Å². The molecule has 0 amide bonds. The van der Waals surface area contributed by atoms with Crippen molar-refractivity contribution < 1.29 is 0 Å². The van der Waals surface area contributed by atoms with Gasteiger partial charge in [-0.3, -0.25) is 0 Å². The number of nitrogens with zero attached hydrogens (tertiary/aromatic N) is 3. The average Bonchev–Trinajstić information content (AvgIpc) is 2.78. The predicted octanol–water partition coefficient (Wildman–Crippen LogP) is 3.09. The Hall–Kier alpha value is -1.000. The highest BCUT2D eigenvalue weighted by molar-refractivity contribution is 7.99. The Morgan fingerprint density at radius 3 is 3.00 bits per heavy atom. The number of halogens is 1. The summed E-state index contributed by atoms with van der Waals surface area (Å²) >= 11 is 7.92. The molecule has 0 unspecified atom stereocenters. The average molecular weight is 252 g/mol. The molecule has 0 aliphatic carbocycles. The van der Waals surface area contributed by atoms with Crippen molar-refractivity contribution in [1.82, 2.24) is 14.8 Å². The third kappa shape index (κ3) is 1.53. The lowest BCUT2D eigenvalue weighted by Crippen LogP contribution is -2.02. The van der Waals surface area contributed by atoms with Crippen LogP contribution in [0.2, 0.25) is 5.02 Å². The third-order valence-electron chi connectivity index (χ3n) is 2.58. The molecule has 0 spiro atoms. The Kier molecular flexibility index (Phi) is 2.41. The molecule has 2 aromatic rings. The standard InChI is InChI=1S/C11H10ClN3S/c1-7-6-15-10(13-14-11(15)16-7)8-4-2-3-5-9(8)12/h2-5,7H,6H2,1H3/t7-/m1/s1. The zero-order valence-corrected chi connectivity index (χ0v) is 10.3. The molecule has 3 nitrogen and oxygen atoms in total. The van der Waals surface area contributed by atoms with Crippen molar-refractivity contribution in [3.63, 3.8) is 0 Å². The van der Waals surface area contributed by atoms with E-state index in [9.17, 15) is 0 Å². The predicted molar refractivity (Wildman–Crippen MR) is 65.8 cm³/mol. The second-order valence-electron chi connectivity index (χ2n) is 3.83. The monoisotopic (exact) mass is 251 g/mol. The molecule has 0 radical (unpaired) electrons. The van der Waals surface area contributed by atoms with Crippen LogP contribution in [0.4, 0.5) is 0 Å². The molecule has 5 heteroatoms. The number of fused-ring (bicyclic) bond motifs is 1. The minimum atomic E-state index is 0.562. The van der Waals surface area contributed by atoms with Gasteiger partial charge in [0.05, 0.1) is 5.02 Å². The van der Waals surface area contributed by atoms with Gasteiger partial charge in [-0.1, -0.05) is 42.4 Å². The van der Waals surface area contributed by atoms with Crippen molar-refractivity contribution in [3.05, 3.63) is 29.3 Å². The summed E-state index contributed by atoms with van der Waals surface area (Å²) in [5.41, 5.74) is 0.956. The van der Waals surface area contributed by atoms with Crippen LogP contribution in [0.15, 0.2) is 29.4 Å². The lowest BCUT2D eigenvalue weighted by molar-refractivity contribution is 0.675. The number of benzene rings is 1. The van der Waals surface area contributed by atoms with Gasteiger partial charge in [0, 0.05) is 17.4 Å². The minimum absolute atomic E-state index is 0.562. The van der Waals surface area contributed by atoms with Crippen LogP contribution in [0.1, 0.15) is 6.92 Å². The van der Waals surface area contributed by atoms with Gasteiger partial charge in [-0.2, -0.15) is 0 Å². The fourth-order valence-electron chi connectivity index (χ4n) is 1.86. The Bertz CT molecular complexity index is 538. The minimum Gasteiger partial charge on any atom is -0.301 e. The van der Waals surface area contributed by atoms with Crippen molar-refractivity contribution in [3.8, 4) is 11.4 Å². The number of aromatic nitrogens is 3. The van der Waals surface area contributed by atoms with Gasteiger partial charge < -0.3 is 4.57 Å². The smallest absolute Gasteiger partial charge is 0.191 e. The van der Waals surface area contributed by atoms with E-state index in [2.05, 4.69) is 21.7 Å². The van der Waals surface area contributed by atoms with Crippen LogP contribution in [-0.4, -0.2) is 20.0 Å². The SMILES string of the molecule is C[C@@H]1Cn2c(nnc2-c2ccccc2Cl)S1. The van der Waals surface area contributed by atoms with Crippen LogP contribution in [0.5, 0.6) is 0 Å². The second kappa shape index (κ2) is 3.79. The maximum atomic E-state index is 6.17. The summed E-state index contributed by atoms with van der Waals surface area (Å²) in [6.45, 7) is 3.14. The molecule has 3 rings (SSSR count). The second-order valence-corrected chi connectivity index (χ2v) is 5.64. The van der Waals surface area contributed by atoms with Crippen molar-refractivity contribution in [1.29, 1.82) is 0 Å². The van der Waals surface area contributed by atoms with Gasteiger partial charge >= 0.3 is 0 Å². The first kappa shape index (κ1) is 10.2. The lowest BCUT2D eigenvalue weighted by atomic mass is 10.2. The zero-order chi connectivity index (χ0) is 11.1. The molecular formula is C11H10ClN3S. The molecule has 16 heavy (non-hydrogen) atoms. The zero-order valence-electron chi connectivity index (χ0n) is 8.72. The third-order valence-corrected chi connectivity index (χ3v) is 3.97. The summed E-state index contributed by atoms with van der Waals surface area (Å²) in [4.78, 5) is 0. The van der Waals surface area contributed by atoms with Crippen molar-refractivity contribution in [2.24, 2.45) is 0 Å². The Balaban J connectivity index is 2.12. The summed E-state index contributed by atoms with van der Waals surface area (Å²) in [6, 6.07) is 7.75. The fraction of sp³-hybridized carbons (Fsp3) is 0.273. The first-order valence-electron chi connectivity index (χ1n) is 5.10. The van der Waals surface area contributed by atoms with E-state index in [1.165, 1.54) is 0 Å². The van der Waals surface area contributed by atoms with Crippen LogP contribution in [0, 0.1) is 0 Å². The molecule has 0 saturated carbocycles.